The molecule has 49 heavy (non-hydrogen) atoms. The first-order chi connectivity index (χ1) is 23.4. The summed E-state index contributed by atoms with van der Waals surface area (Å²) < 4.78 is 0. The smallest absolute Gasteiger partial charge is 0.0507 e. The quantitative estimate of drug-likeness (QED) is 0.214. The molecule has 4 aliphatic rings. The zero-order chi connectivity index (χ0) is 33.8. The van der Waals surface area contributed by atoms with E-state index in [0.717, 1.165) is 51.1 Å². The molecule has 1 aliphatic heterocycles. The van der Waals surface area contributed by atoms with Crippen LogP contribution >= 0.6 is 0 Å². The number of likely N-dealkylation sites (tertiary alicyclic amines) is 1. The minimum atomic E-state index is 0. The summed E-state index contributed by atoms with van der Waals surface area (Å²) in [6, 6.07) is 13.6. The monoisotopic (exact) mass is 660 g/mol. The second-order valence-corrected chi connectivity index (χ2v) is 15.0. The number of allylic oxidation sites excluding steroid dienone is 11. The molecule has 6 rings (SSSR count). The Bertz CT molecular complexity index is 1490. The van der Waals surface area contributed by atoms with Gasteiger partial charge < -0.3 is 10.2 Å². The summed E-state index contributed by atoms with van der Waals surface area (Å²) in [5.74, 6) is 1.86. The van der Waals surface area contributed by atoms with Crippen molar-refractivity contribution in [2.24, 2.45) is 11.3 Å². The predicted molar refractivity (Wildman–Crippen MR) is 213 cm³/mol. The summed E-state index contributed by atoms with van der Waals surface area (Å²) in [6.07, 6.45) is 31.6. The Morgan fingerprint density at radius 1 is 0.980 bits per heavy atom. The van der Waals surface area contributed by atoms with Crippen molar-refractivity contribution >= 4 is 0 Å². The summed E-state index contributed by atoms with van der Waals surface area (Å²) in [5.41, 5.74) is 10.7. The molecule has 3 heteroatoms. The largest absolute Gasteiger partial charge is 0.317 e. The third-order valence-corrected chi connectivity index (χ3v) is 11.0. The van der Waals surface area contributed by atoms with E-state index in [1.807, 2.05) is 12.3 Å². The number of benzene rings is 1. The summed E-state index contributed by atoms with van der Waals surface area (Å²) in [6.45, 7) is 15.6. The highest BCUT2D eigenvalue weighted by Crippen LogP contribution is 2.49. The van der Waals surface area contributed by atoms with Crippen molar-refractivity contribution < 1.29 is 0 Å². The number of aromatic nitrogens is 1. The number of fused-ring (bicyclic) bond motifs is 2. The number of piperidine rings is 1. The predicted octanol–water partition coefficient (Wildman–Crippen LogP) is 11.1. The number of pyridine rings is 1. The van der Waals surface area contributed by atoms with Crippen molar-refractivity contribution in [3.63, 3.8) is 0 Å². The molecule has 1 fully saturated rings. The van der Waals surface area contributed by atoms with Crippen LogP contribution in [-0.4, -0.2) is 43.1 Å². The maximum absolute atomic E-state index is 4.79. The number of aryl methyl sites for hydroxylation is 2. The van der Waals surface area contributed by atoms with Gasteiger partial charge in [0.15, 0.2) is 0 Å². The molecule has 2 heterocycles. The number of nitrogens with one attached hydrogen (secondary N) is 1. The lowest BCUT2D eigenvalue weighted by Gasteiger charge is -2.43. The lowest BCUT2D eigenvalue weighted by Crippen LogP contribution is -2.37. The summed E-state index contributed by atoms with van der Waals surface area (Å²) in [5, 5.41) is 3.53. The van der Waals surface area contributed by atoms with E-state index in [9.17, 15) is 0 Å². The summed E-state index contributed by atoms with van der Waals surface area (Å²) in [7, 11) is 2.26. The first kappa shape index (κ1) is 38.5. The SMILES string of the molecule is C.C=C/C=C\C1=CC(C)(C)C(C2CCN(C)CC2)c2ccccc2CC1.CCCNCCCC1C2=C(C=CC=CC2)CCc2cccnc21. The fourth-order valence-electron chi connectivity index (χ4n) is 8.68. The van der Waals surface area contributed by atoms with E-state index in [-0.39, 0.29) is 12.8 Å². The third-order valence-electron chi connectivity index (χ3n) is 11.0. The number of hydrogen-bond donors (Lipinski definition) is 1. The molecule has 1 saturated heterocycles. The molecule has 0 saturated carbocycles. The lowest BCUT2D eigenvalue weighted by molar-refractivity contribution is 0.156. The van der Waals surface area contributed by atoms with Crippen LogP contribution in [0, 0.1) is 11.3 Å². The first-order valence-electron chi connectivity index (χ1n) is 18.9. The van der Waals surface area contributed by atoms with Gasteiger partial charge in [-0.05, 0) is 143 Å². The van der Waals surface area contributed by atoms with Crippen LogP contribution in [0.3, 0.4) is 0 Å². The molecule has 2 aromatic rings. The molecule has 0 radical (unpaired) electrons. The molecule has 1 N–H and O–H groups in total. The van der Waals surface area contributed by atoms with Crippen molar-refractivity contribution in [3.8, 4) is 0 Å². The van der Waals surface area contributed by atoms with Gasteiger partial charge in [-0.25, -0.2) is 0 Å². The standard InChI is InChI=1S/C24H33N.C21H28N2.CH4/c1-5-6-9-19-12-13-20-10-7-8-11-22(20)23(24(2,3)18-19)21-14-16-25(4)17-15-21;1-2-14-22-15-7-11-20-19-10-5-3-4-8-17(19)12-13-18-9-6-16-23-21(18)20;/h5-11,18,21,23H,1,12-17H2,2-4H3;3-6,8-9,16,20,22H,2,7,10-15H2,1H3;1H4/b9-6-,19-18?;;. The molecule has 1 aromatic heterocycles. The molecule has 0 amide bonds. The van der Waals surface area contributed by atoms with E-state index in [0.29, 0.717) is 11.8 Å². The van der Waals surface area contributed by atoms with E-state index in [2.05, 4.69) is 124 Å². The zero-order valence-corrected chi connectivity index (χ0v) is 30.4. The average Bonchev–Trinajstić information content (AvgIpc) is 3.41. The van der Waals surface area contributed by atoms with Crippen LogP contribution in [0.15, 0.2) is 115 Å². The third kappa shape index (κ3) is 10.4. The van der Waals surface area contributed by atoms with E-state index in [1.165, 1.54) is 62.0 Å². The molecule has 3 aliphatic carbocycles. The molecule has 1 aromatic carbocycles. The normalized spacial score (nSPS) is 22.2. The van der Waals surface area contributed by atoms with Crippen molar-refractivity contribution in [1.29, 1.82) is 0 Å². The van der Waals surface area contributed by atoms with Crippen LogP contribution < -0.4 is 5.32 Å². The molecule has 0 spiro atoms. The minimum absolute atomic E-state index is 0. The molecule has 264 valence electrons. The van der Waals surface area contributed by atoms with E-state index < -0.39 is 0 Å². The van der Waals surface area contributed by atoms with Gasteiger partial charge in [-0.1, -0.05) is 125 Å². The van der Waals surface area contributed by atoms with Gasteiger partial charge in [0.25, 0.3) is 0 Å². The lowest BCUT2D eigenvalue weighted by atomic mass is 9.63. The minimum Gasteiger partial charge on any atom is -0.317 e. The van der Waals surface area contributed by atoms with Crippen molar-refractivity contribution in [2.75, 3.05) is 33.2 Å². The van der Waals surface area contributed by atoms with Crippen LogP contribution in [0.1, 0.15) is 114 Å². The summed E-state index contributed by atoms with van der Waals surface area (Å²) in [4.78, 5) is 7.27. The Hall–Kier alpha value is -3.27. The molecule has 0 bridgehead atoms. The Morgan fingerprint density at radius 3 is 2.55 bits per heavy atom. The molecule has 3 nitrogen and oxygen atoms in total. The van der Waals surface area contributed by atoms with E-state index in [1.54, 1.807) is 22.3 Å². The topological polar surface area (TPSA) is 28.2 Å². The maximum atomic E-state index is 4.79. The molecule has 2 unspecified atom stereocenters. The zero-order valence-electron chi connectivity index (χ0n) is 30.4. The van der Waals surface area contributed by atoms with Crippen LogP contribution in [0.2, 0.25) is 0 Å². The maximum Gasteiger partial charge on any atom is 0.0507 e. The van der Waals surface area contributed by atoms with Crippen molar-refractivity contribution in [2.45, 2.75) is 104 Å². The Balaban J connectivity index is 0.000000217. The highest BCUT2D eigenvalue weighted by atomic mass is 15.1. The first-order valence-corrected chi connectivity index (χ1v) is 18.9. The van der Waals surface area contributed by atoms with Crippen LogP contribution in [0.5, 0.6) is 0 Å². The van der Waals surface area contributed by atoms with Gasteiger partial charge in [0, 0.05) is 12.1 Å². The van der Waals surface area contributed by atoms with Gasteiger partial charge in [-0.15, -0.1) is 0 Å². The number of nitrogens with zero attached hydrogens (tertiary/aromatic N) is 2. The average molecular weight is 660 g/mol. The van der Waals surface area contributed by atoms with Gasteiger partial charge in [0.1, 0.15) is 0 Å². The fraction of sp³-hybridized carbons (Fsp3) is 0.500. The van der Waals surface area contributed by atoms with Gasteiger partial charge in [-0.2, -0.15) is 0 Å². The van der Waals surface area contributed by atoms with Gasteiger partial charge >= 0.3 is 0 Å². The van der Waals surface area contributed by atoms with Crippen molar-refractivity contribution in [3.05, 3.63) is 137 Å². The fourth-order valence-corrected chi connectivity index (χ4v) is 8.68. The van der Waals surface area contributed by atoms with E-state index >= 15 is 0 Å². The number of rotatable bonds is 9. The van der Waals surface area contributed by atoms with Gasteiger partial charge in [0.2, 0.25) is 0 Å². The second kappa shape index (κ2) is 19.2. The van der Waals surface area contributed by atoms with Crippen LogP contribution in [0.25, 0.3) is 0 Å². The molecular weight excluding hydrogens is 595 g/mol. The Kier molecular flexibility index (Phi) is 15.1. The van der Waals surface area contributed by atoms with Crippen LogP contribution in [0.4, 0.5) is 0 Å². The molecular formula is C46H65N3. The van der Waals surface area contributed by atoms with Gasteiger partial charge in [0.05, 0.1) is 5.69 Å². The molecule has 2 atom stereocenters. The number of hydrogen-bond acceptors (Lipinski definition) is 3. The summed E-state index contributed by atoms with van der Waals surface area (Å²) >= 11 is 0. The Morgan fingerprint density at radius 2 is 1.76 bits per heavy atom. The highest BCUT2D eigenvalue weighted by Gasteiger charge is 2.38. The second-order valence-electron chi connectivity index (χ2n) is 15.0. The highest BCUT2D eigenvalue weighted by molar-refractivity contribution is 5.43. The van der Waals surface area contributed by atoms with Crippen molar-refractivity contribution in [1.82, 2.24) is 15.2 Å². The van der Waals surface area contributed by atoms with E-state index in [4.69, 9.17) is 4.98 Å². The Labute approximate surface area is 300 Å². The van der Waals surface area contributed by atoms with Gasteiger partial charge in [-0.3, -0.25) is 4.98 Å². The van der Waals surface area contributed by atoms with Crippen LogP contribution in [-0.2, 0) is 12.8 Å².